The van der Waals surface area contributed by atoms with Crippen LogP contribution in [0, 0.1) is 0 Å². The molecular weight excluding hydrogens is 239 g/mol. The fourth-order valence-corrected chi connectivity index (χ4v) is 1.85. The normalized spacial score (nSPS) is 13.1. The molecular formula is C9H14F3N3S. The summed E-state index contributed by atoms with van der Waals surface area (Å²) in [4.78, 5) is 3.44. The van der Waals surface area contributed by atoms with Gasteiger partial charge in [-0.3, -0.25) is 0 Å². The number of nitrogens with two attached hydrogens (primary N) is 1. The molecule has 92 valence electrons. The number of aromatic nitrogens is 1. The highest BCUT2D eigenvalue weighted by atomic mass is 32.1. The number of hydrogen-bond donors (Lipinski definition) is 2. The van der Waals surface area contributed by atoms with E-state index in [-0.39, 0.29) is 22.1 Å². The van der Waals surface area contributed by atoms with Crippen LogP contribution in [-0.4, -0.2) is 10.5 Å². The number of nitrogens with one attached hydrogen (secondary N) is 1. The Morgan fingerprint density at radius 2 is 1.88 bits per heavy atom. The molecule has 0 aliphatic carbocycles. The Morgan fingerprint density at radius 3 is 2.31 bits per heavy atom. The molecule has 0 aliphatic heterocycles. The van der Waals surface area contributed by atoms with Gasteiger partial charge in [0, 0.05) is 12.1 Å². The fourth-order valence-electron chi connectivity index (χ4n) is 1.06. The molecule has 0 saturated heterocycles. The minimum absolute atomic E-state index is 0.0574. The van der Waals surface area contributed by atoms with Gasteiger partial charge in [-0.25, -0.2) is 4.98 Å². The maximum atomic E-state index is 12.5. The second-order valence-electron chi connectivity index (χ2n) is 4.43. The molecule has 0 saturated carbocycles. The topological polar surface area (TPSA) is 50.9 Å². The summed E-state index contributed by atoms with van der Waals surface area (Å²) in [6, 6.07) is 0. The number of nitrogen functional groups attached to an aromatic ring is 1. The molecule has 1 heterocycles. The summed E-state index contributed by atoms with van der Waals surface area (Å²) in [7, 11) is 0. The minimum atomic E-state index is -4.44. The number of hydrogen-bond acceptors (Lipinski definition) is 4. The van der Waals surface area contributed by atoms with Crippen LogP contribution in [0.2, 0.25) is 0 Å². The van der Waals surface area contributed by atoms with Crippen molar-refractivity contribution in [2.45, 2.75) is 39.0 Å². The van der Waals surface area contributed by atoms with E-state index in [2.05, 4.69) is 10.3 Å². The molecule has 16 heavy (non-hydrogen) atoms. The van der Waals surface area contributed by atoms with Gasteiger partial charge in [0.15, 0.2) is 10.8 Å². The average Bonchev–Trinajstić information content (AvgIpc) is 2.41. The van der Waals surface area contributed by atoms with Crippen molar-refractivity contribution in [3.8, 4) is 0 Å². The number of anilines is 1. The van der Waals surface area contributed by atoms with E-state index >= 15 is 0 Å². The monoisotopic (exact) mass is 253 g/mol. The molecule has 0 atom stereocenters. The summed E-state index contributed by atoms with van der Waals surface area (Å²) in [5.41, 5.74) is 4.16. The first-order chi connectivity index (χ1) is 7.09. The minimum Gasteiger partial charge on any atom is -0.375 e. The zero-order valence-electron chi connectivity index (χ0n) is 9.27. The van der Waals surface area contributed by atoms with E-state index in [0.717, 1.165) is 11.3 Å². The molecule has 0 aliphatic rings. The second-order valence-corrected chi connectivity index (χ2v) is 5.54. The number of nitrogens with zero attached hydrogens (tertiary/aromatic N) is 1. The lowest BCUT2D eigenvalue weighted by Gasteiger charge is -2.20. The molecule has 0 unspecified atom stereocenters. The van der Waals surface area contributed by atoms with Crippen molar-refractivity contribution in [3.05, 3.63) is 10.6 Å². The predicted molar refractivity (Wildman–Crippen MR) is 58.1 cm³/mol. The molecule has 1 rings (SSSR count). The van der Waals surface area contributed by atoms with E-state index in [1.54, 1.807) is 0 Å². The zero-order valence-corrected chi connectivity index (χ0v) is 10.1. The van der Waals surface area contributed by atoms with Crippen molar-refractivity contribution in [1.29, 1.82) is 0 Å². The number of rotatable bonds is 2. The molecule has 7 heteroatoms. The SMILES string of the molecule is CC(C)(C)NCc1sc(N)nc1C(F)(F)F. The predicted octanol–water partition coefficient (Wildman–Crippen LogP) is 2.63. The maximum absolute atomic E-state index is 12.5. The van der Waals surface area contributed by atoms with Crippen molar-refractivity contribution in [1.82, 2.24) is 10.3 Å². The van der Waals surface area contributed by atoms with Crippen molar-refractivity contribution >= 4 is 16.5 Å². The van der Waals surface area contributed by atoms with Crippen LogP contribution >= 0.6 is 11.3 Å². The first-order valence-electron chi connectivity index (χ1n) is 4.67. The Hall–Kier alpha value is -0.820. The van der Waals surface area contributed by atoms with Gasteiger partial charge < -0.3 is 11.1 Å². The van der Waals surface area contributed by atoms with Crippen LogP contribution in [0.1, 0.15) is 31.3 Å². The van der Waals surface area contributed by atoms with Gasteiger partial charge in [-0.05, 0) is 20.8 Å². The lowest BCUT2D eigenvalue weighted by molar-refractivity contribution is -0.141. The van der Waals surface area contributed by atoms with Gasteiger partial charge in [0.2, 0.25) is 0 Å². The molecule has 0 amide bonds. The van der Waals surface area contributed by atoms with Gasteiger partial charge in [0.25, 0.3) is 0 Å². The van der Waals surface area contributed by atoms with Crippen LogP contribution in [0.4, 0.5) is 18.3 Å². The lowest BCUT2D eigenvalue weighted by atomic mass is 10.1. The van der Waals surface area contributed by atoms with Gasteiger partial charge in [-0.15, -0.1) is 11.3 Å². The average molecular weight is 253 g/mol. The maximum Gasteiger partial charge on any atom is 0.434 e. The van der Waals surface area contributed by atoms with E-state index in [1.807, 2.05) is 20.8 Å². The van der Waals surface area contributed by atoms with Crippen molar-refractivity contribution in [3.63, 3.8) is 0 Å². The molecule has 0 aromatic carbocycles. The van der Waals surface area contributed by atoms with E-state index in [0.29, 0.717) is 0 Å². The molecule has 0 bridgehead atoms. The van der Waals surface area contributed by atoms with Crippen LogP contribution < -0.4 is 11.1 Å². The summed E-state index contributed by atoms with van der Waals surface area (Å²) in [6.45, 7) is 5.76. The molecule has 1 aromatic rings. The van der Waals surface area contributed by atoms with Gasteiger partial charge in [-0.2, -0.15) is 13.2 Å². The van der Waals surface area contributed by atoms with Gasteiger partial charge in [-0.1, -0.05) is 0 Å². The lowest BCUT2D eigenvalue weighted by Crippen LogP contribution is -2.35. The van der Waals surface area contributed by atoms with Crippen LogP contribution in [0.25, 0.3) is 0 Å². The van der Waals surface area contributed by atoms with Crippen molar-refractivity contribution in [2.75, 3.05) is 5.73 Å². The highest BCUT2D eigenvalue weighted by Gasteiger charge is 2.37. The highest BCUT2D eigenvalue weighted by molar-refractivity contribution is 7.15. The quantitative estimate of drug-likeness (QED) is 0.852. The Kier molecular flexibility index (Phi) is 3.49. The summed E-state index contributed by atoms with van der Waals surface area (Å²) >= 11 is 0.866. The van der Waals surface area contributed by atoms with E-state index < -0.39 is 11.9 Å². The molecule has 1 aromatic heterocycles. The van der Waals surface area contributed by atoms with Gasteiger partial charge in [0.05, 0.1) is 4.88 Å². The first kappa shape index (κ1) is 13.2. The van der Waals surface area contributed by atoms with E-state index in [9.17, 15) is 13.2 Å². The van der Waals surface area contributed by atoms with Crippen molar-refractivity contribution < 1.29 is 13.2 Å². The van der Waals surface area contributed by atoms with Gasteiger partial charge in [0.1, 0.15) is 0 Å². The number of halogens is 3. The highest BCUT2D eigenvalue weighted by Crippen LogP contribution is 2.35. The third-order valence-corrected chi connectivity index (χ3v) is 2.65. The van der Waals surface area contributed by atoms with Crippen molar-refractivity contribution in [2.24, 2.45) is 0 Å². The third-order valence-electron chi connectivity index (χ3n) is 1.76. The van der Waals surface area contributed by atoms with Gasteiger partial charge >= 0.3 is 6.18 Å². The molecule has 0 spiro atoms. The fraction of sp³-hybridized carbons (Fsp3) is 0.667. The Morgan fingerprint density at radius 1 is 1.31 bits per heavy atom. The summed E-state index contributed by atoms with van der Waals surface area (Å²) in [5, 5.41) is 2.92. The van der Waals surface area contributed by atoms with Crippen LogP contribution in [0.15, 0.2) is 0 Å². The Labute approximate surface area is 95.9 Å². The molecule has 0 radical (unpaired) electrons. The Balaban J connectivity index is 2.88. The van der Waals surface area contributed by atoms with Crippen LogP contribution in [0.3, 0.4) is 0 Å². The molecule has 0 fully saturated rings. The number of alkyl halides is 3. The summed E-state index contributed by atoms with van der Waals surface area (Å²) in [6.07, 6.45) is -4.44. The van der Waals surface area contributed by atoms with E-state index in [4.69, 9.17) is 5.73 Å². The third kappa shape index (κ3) is 3.64. The second kappa shape index (κ2) is 4.21. The van der Waals surface area contributed by atoms with Crippen LogP contribution in [-0.2, 0) is 12.7 Å². The standard InChI is InChI=1S/C9H14F3N3S/c1-8(2,3)14-4-5-6(9(10,11)12)15-7(13)16-5/h14H,4H2,1-3H3,(H2,13,15). The zero-order chi connectivity index (χ0) is 12.6. The molecule has 3 N–H and O–H groups in total. The largest absolute Gasteiger partial charge is 0.434 e. The molecule has 3 nitrogen and oxygen atoms in total. The first-order valence-corrected chi connectivity index (χ1v) is 5.48. The summed E-state index contributed by atoms with van der Waals surface area (Å²) in [5.74, 6) is 0. The summed E-state index contributed by atoms with van der Waals surface area (Å²) < 4.78 is 37.6. The van der Waals surface area contributed by atoms with Crippen LogP contribution in [0.5, 0.6) is 0 Å². The van der Waals surface area contributed by atoms with E-state index in [1.165, 1.54) is 0 Å². The Bertz CT molecular complexity index is 365. The number of thiazole rings is 1. The smallest absolute Gasteiger partial charge is 0.375 e.